The van der Waals surface area contributed by atoms with Crippen molar-refractivity contribution >= 4 is 59.7 Å². The second kappa shape index (κ2) is 8.01. The van der Waals surface area contributed by atoms with Crippen LogP contribution in [0.4, 0.5) is 0 Å². The van der Waals surface area contributed by atoms with Gasteiger partial charge < -0.3 is 14.6 Å². The first-order valence-corrected chi connectivity index (χ1v) is 7.81. The minimum Gasteiger partial charge on any atom is -0.550 e. The van der Waals surface area contributed by atoms with E-state index in [1.807, 2.05) is 0 Å². The number of rotatable bonds is 6. The molecule has 1 rings (SSSR count). The molecule has 0 heterocycles. The van der Waals surface area contributed by atoms with Crippen LogP contribution in [0, 0.1) is 0 Å². The summed E-state index contributed by atoms with van der Waals surface area (Å²) >= 11 is 9.91. The van der Waals surface area contributed by atoms with Gasteiger partial charge in [0.05, 0.1) is 12.2 Å². The summed E-state index contributed by atoms with van der Waals surface area (Å²) in [5, 5.41) is 10.2. The summed E-state index contributed by atoms with van der Waals surface area (Å²) in [5.74, 6) is -1.55. The van der Waals surface area contributed by atoms with Crippen LogP contribution in [0.2, 0.25) is 0 Å². The highest BCUT2D eigenvalue weighted by Gasteiger charge is 2.14. The Hall–Kier alpha value is -0.400. The molecule has 1 aromatic carbocycles. The van der Waals surface area contributed by atoms with Crippen LogP contribution < -0.4 is 5.11 Å². The molecule has 19 heavy (non-hydrogen) atoms. The van der Waals surface area contributed by atoms with Gasteiger partial charge in [0.2, 0.25) is 0 Å². The van der Waals surface area contributed by atoms with Crippen LogP contribution in [0.5, 0.6) is 0 Å². The minimum absolute atomic E-state index is 0.0241. The summed E-state index contributed by atoms with van der Waals surface area (Å²) < 4.78 is 7.20. The zero-order valence-electron chi connectivity index (χ0n) is 9.75. The Labute approximate surface area is 135 Å². The molecule has 0 fully saturated rings. The Morgan fingerprint density at radius 2 is 1.84 bits per heavy atom. The van der Waals surface area contributed by atoms with Crippen LogP contribution in [0.1, 0.15) is 29.6 Å². The summed E-state index contributed by atoms with van der Waals surface area (Å²) in [6.07, 6.45) is 0.898. The van der Waals surface area contributed by atoms with Crippen LogP contribution in [-0.2, 0) is 9.53 Å². The molecule has 0 spiro atoms. The number of unbranched alkanes of at least 4 members (excludes halogenated alkanes) is 1. The number of carbonyl (C=O) groups is 2. The summed E-state index contributed by atoms with van der Waals surface area (Å²) in [5.41, 5.74) is 0.404. The molecule has 0 N–H and O–H groups in total. The molecular formula is C12H10Br3O4-. The number of aliphatic carboxylic acids is 1. The molecule has 0 saturated carbocycles. The van der Waals surface area contributed by atoms with Crippen LogP contribution in [0.25, 0.3) is 0 Å². The third kappa shape index (κ3) is 5.62. The predicted molar refractivity (Wildman–Crippen MR) is 78.7 cm³/mol. The normalized spacial score (nSPS) is 10.3. The number of hydrogen-bond donors (Lipinski definition) is 0. The van der Waals surface area contributed by atoms with Crippen LogP contribution in [-0.4, -0.2) is 18.5 Å². The molecule has 7 heteroatoms. The Bertz CT molecular complexity index is 488. The van der Waals surface area contributed by atoms with E-state index >= 15 is 0 Å². The SMILES string of the molecule is O=C([O-])CCCCOC(=O)c1cc(Br)cc(Br)c1Br. The lowest BCUT2D eigenvalue weighted by atomic mass is 10.2. The number of hydrogen-bond acceptors (Lipinski definition) is 4. The van der Waals surface area contributed by atoms with Gasteiger partial charge in [0.25, 0.3) is 0 Å². The zero-order valence-corrected chi connectivity index (χ0v) is 14.5. The third-order valence-electron chi connectivity index (χ3n) is 2.22. The maximum Gasteiger partial charge on any atom is 0.339 e. The van der Waals surface area contributed by atoms with E-state index < -0.39 is 11.9 Å². The van der Waals surface area contributed by atoms with Gasteiger partial charge in [-0.2, -0.15) is 0 Å². The second-order valence-corrected chi connectivity index (χ2v) is 6.28. The highest BCUT2D eigenvalue weighted by Crippen LogP contribution is 2.31. The number of carbonyl (C=O) groups excluding carboxylic acids is 2. The highest BCUT2D eigenvalue weighted by atomic mass is 79.9. The first kappa shape index (κ1) is 16.7. The van der Waals surface area contributed by atoms with Crippen LogP contribution >= 0.6 is 47.8 Å². The van der Waals surface area contributed by atoms with Gasteiger partial charge in [-0.3, -0.25) is 0 Å². The van der Waals surface area contributed by atoms with Crippen molar-refractivity contribution < 1.29 is 19.4 Å². The van der Waals surface area contributed by atoms with Gasteiger partial charge in [0.15, 0.2) is 0 Å². The fourth-order valence-electron chi connectivity index (χ4n) is 1.32. The number of carboxylic acids is 1. The molecule has 1 aromatic rings. The molecule has 0 saturated heterocycles. The molecule has 0 atom stereocenters. The van der Waals surface area contributed by atoms with E-state index in [1.165, 1.54) is 0 Å². The molecule has 0 unspecified atom stereocenters. The van der Waals surface area contributed by atoms with Crippen molar-refractivity contribution in [1.82, 2.24) is 0 Å². The Morgan fingerprint density at radius 1 is 1.16 bits per heavy atom. The zero-order chi connectivity index (χ0) is 14.4. The first-order valence-electron chi connectivity index (χ1n) is 5.43. The fourth-order valence-corrected chi connectivity index (χ4v) is 2.93. The Kier molecular flexibility index (Phi) is 7.02. The second-order valence-electron chi connectivity index (χ2n) is 3.71. The quantitative estimate of drug-likeness (QED) is 0.374. The minimum atomic E-state index is -1.09. The topological polar surface area (TPSA) is 66.4 Å². The van der Waals surface area contributed by atoms with Crippen LogP contribution in [0.15, 0.2) is 25.6 Å². The number of benzene rings is 1. The Balaban J connectivity index is 2.52. The van der Waals surface area contributed by atoms with Gasteiger partial charge in [0, 0.05) is 19.4 Å². The average Bonchev–Trinajstić information content (AvgIpc) is 2.32. The smallest absolute Gasteiger partial charge is 0.339 e. The van der Waals surface area contributed by atoms with E-state index in [0.29, 0.717) is 22.9 Å². The van der Waals surface area contributed by atoms with Gasteiger partial charge in [-0.25, -0.2) is 4.79 Å². The molecule has 0 amide bonds. The largest absolute Gasteiger partial charge is 0.550 e. The Morgan fingerprint density at radius 3 is 2.47 bits per heavy atom. The van der Waals surface area contributed by atoms with E-state index in [9.17, 15) is 14.7 Å². The van der Waals surface area contributed by atoms with E-state index in [1.54, 1.807) is 12.1 Å². The number of halogens is 3. The summed E-state index contributed by atoms with van der Waals surface area (Å²) in [7, 11) is 0. The number of ether oxygens (including phenoxy) is 1. The molecule has 0 radical (unpaired) electrons. The molecule has 4 nitrogen and oxygen atoms in total. The highest BCUT2D eigenvalue weighted by molar-refractivity contribution is 9.13. The molecule has 0 aliphatic rings. The first-order chi connectivity index (χ1) is 8.91. The van der Waals surface area contributed by atoms with Gasteiger partial charge in [-0.1, -0.05) is 15.9 Å². The van der Waals surface area contributed by atoms with Crippen molar-refractivity contribution in [3.05, 3.63) is 31.1 Å². The molecule has 0 bridgehead atoms. The molecule has 0 aliphatic heterocycles. The number of carboxylic acid groups (broad SMARTS) is 1. The van der Waals surface area contributed by atoms with Gasteiger partial charge in [0.1, 0.15) is 0 Å². The van der Waals surface area contributed by atoms with Crippen molar-refractivity contribution in [2.24, 2.45) is 0 Å². The van der Waals surface area contributed by atoms with Crippen molar-refractivity contribution in [1.29, 1.82) is 0 Å². The van der Waals surface area contributed by atoms with Crippen molar-refractivity contribution in [3.63, 3.8) is 0 Å². The molecular weight excluding hydrogens is 448 g/mol. The molecule has 0 aromatic heterocycles. The number of esters is 1. The van der Waals surface area contributed by atoms with Gasteiger partial charge in [-0.05, 0) is 63.3 Å². The molecule has 104 valence electrons. The lowest BCUT2D eigenvalue weighted by Crippen LogP contribution is -2.21. The summed E-state index contributed by atoms with van der Waals surface area (Å²) in [6.45, 7) is 0.183. The third-order valence-corrected chi connectivity index (χ3v) is 4.69. The monoisotopic (exact) mass is 455 g/mol. The standard InChI is InChI=1S/C12H11Br3O4/c13-7-5-8(11(15)9(14)6-7)12(18)19-4-2-1-3-10(16)17/h5-6H,1-4H2,(H,16,17)/p-1. The maximum atomic E-state index is 11.8. The van der Waals surface area contributed by atoms with E-state index in [2.05, 4.69) is 47.8 Å². The molecule has 0 aliphatic carbocycles. The summed E-state index contributed by atoms with van der Waals surface area (Å²) in [4.78, 5) is 22.0. The van der Waals surface area contributed by atoms with E-state index in [-0.39, 0.29) is 13.0 Å². The van der Waals surface area contributed by atoms with Gasteiger partial charge >= 0.3 is 5.97 Å². The van der Waals surface area contributed by atoms with Crippen molar-refractivity contribution in [3.8, 4) is 0 Å². The lowest BCUT2D eigenvalue weighted by Gasteiger charge is -2.08. The van der Waals surface area contributed by atoms with Crippen LogP contribution in [0.3, 0.4) is 0 Å². The maximum absolute atomic E-state index is 11.8. The van der Waals surface area contributed by atoms with E-state index in [0.717, 1.165) is 8.95 Å². The van der Waals surface area contributed by atoms with Crippen molar-refractivity contribution in [2.45, 2.75) is 19.3 Å². The fraction of sp³-hybridized carbons (Fsp3) is 0.333. The van der Waals surface area contributed by atoms with Crippen molar-refractivity contribution in [2.75, 3.05) is 6.61 Å². The summed E-state index contributed by atoms with van der Waals surface area (Å²) in [6, 6.07) is 3.46. The predicted octanol–water partition coefficient (Wildman–Crippen LogP) is 3.05. The average molecular weight is 458 g/mol. The van der Waals surface area contributed by atoms with E-state index in [4.69, 9.17) is 4.74 Å². The lowest BCUT2D eigenvalue weighted by molar-refractivity contribution is -0.305. The van der Waals surface area contributed by atoms with Gasteiger partial charge in [-0.15, -0.1) is 0 Å².